The SMILES string of the molecule is C[C@H]1CCCC[C@]12NC(=O)N(CN(Cc1cccnc1)C1CC1)C2=O. The van der Waals surface area contributed by atoms with Crippen molar-refractivity contribution in [2.45, 2.75) is 63.6 Å². The Morgan fingerprint density at radius 3 is 2.84 bits per heavy atom. The summed E-state index contributed by atoms with van der Waals surface area (Å²) >= 11 is 0. The van der Waals surface area contributed by atoms with Crippen molar-refractivity contribution in [3.05, 3.63) is 30.1 Å². The molecule has 0 bridgehead atoms. The zero-order valence-electron chi connectivity index (χ0n) is 14.8. The quantitative estimate of drug-likeness (QED) is 0.835. The number of hydrogen-bond acceptors (Lipinski definition) is 4. The Hall–Kier alpha value is -1.95. The first-order chi connectivity index (χ1) is 12.1. The van der Waals surface area contributed by atoms with Gasteiger partial charge in [0.05, 0.1) is 6.67 Å². The van der Waals surface area contributed by atoms with E-state index in [2.05, 4.69) is 22.1 Å². The average Bonchev–Trinajstić information content (AvgIpc) is 3.42. The number of rotatable bonds is 5. The maximum Gasteiger partial charge on any atom is 0.326 e. The van der Waals surface area contributed by atoms with Crippen molar-refractivity contribution in [3.8, 4) is 0 Å². The number of aromatic nitrogens is 1. The molecule has 1 aromatic heterocycles. The standard InChI is InChI=1S/C19H26N4O2/c1-14-5-2-3-9-19(14)17(24)23(18(25)21-19)13-22(16-7-8-16)12-15-6-4-10-20-11-15/h4,6,10-11,14,16H,2-3,5,7-9,12-13H2,1H3,(H,21,25)/t14-,19-/m0/s1. The van der Waals surface area contributed by atoms with Crippen molar-refractivity contribution in [1.82, 2.24) is 20.1 Å². The van der Waals surface area contributed by atoms with E-state index >= 15 is 0 Å². The van der Waals surface area contributed by atoms with Crippen LogP contribution in [0.2, 0.25) is 0 Å². The molecule has 3 aliphatic rings. The van der Waals surface area contributed by atoms with Crippen LogP contribution in [-0.2, 0) is 11.3 Å². The lowest BCUT2D eigenvalue weighted by Gasteiger charge is -2.37. The summed E-state index contributed by atoms with van der Waals surface area (Å²) in [6.45, 7) is 3.19. The van der Waals surface area contributed by atoms with Gasteiger partial charge in [-0.25, -0.2) is 9.69 Å². The second kappa shape index (κ2) is 6.41. The Kier molecular flexibility index (Phi) is 4.23. The molecule has 2 aliphatic carbocycles. The Labute approximate surface area is 148 Å². The third kappa shape index (κ3) is 3.03. The van der Waals surface area contributed by atoms with E-state index < -0.39 is 5.54 Å². The smallest absolute Gasteiger partial charge is 0.323 e. The first-order valence-corrected chi connectivity index (χ1v) is 9.37. The molecule has 2 heterocycles. The van der Waals surface area contributed by atoms with E-state index in [-0.39, 0.29) is 17.9 Å². The highest BCUT2D eigenvalue weighted by molar-refractivity contribution is 6.07. The zero-order chi connectivity index (χ0) is 17.4. The number of nitrogens with zero attached hydrogens (tertiary/aromatic N) is 3. The van der Waals surface area contributed by atoms with Crippen LogP contribution < -0.4 is 5.32 Å². The number of amides is 3. The molecule has 1 N–H and O–H groups in total. The Morgan fingerprint density at radius 1 is 1.32 bits per heavy atom. The number of pyridine rings is 1. The number of hydrogen-bond donors (Lipinski definition) is 1. The van der Waals surface area contributed by atoms with E-state index in [9.17, 15) is 9.59 Å². The van der Waals surface area contributed by atoms with Crippen LogP contribution in [-0.4, -0.2) is 45.0 Å². The van der Waals surface area contributed by atoms with Gasteiger partial charge in [-0.05, 0) is 43.2 Å². The predicted octanol–water partition coefficient (Wildman–Crippen LogP) is 2.50. The van der Waals surface area contributed by atoms with Gasteiger partial charge in [0.15, 0.2) is 0 Å². The molecule has 134 valence electrons. The summed E-state index contributed by atoms with van der Waals surface area (Å²) < 4.78 is 0. The van der Waals surface area contributed by atoms with Crippen molar-refractivity contribution in [2.24, 2.45) is 5.92 Å². The van der Waals surface area contributed by atoms with Crippen molar-refractivity contribution in [1.29, 1.82) is 0 Å². The lowest BCUT2D eigenvalue weighted by Crippen LogP contribution is -2.54. The van der Waals surface area contributed by atoms with Crippen LogP contribution in [0.5, 0.6) is 0 Å². The first-order valence-electron chi connectivity index (χ1n) is 9.37. The lowest BCUT2D eigenvalue weighted by atomic mass is 9.73. The fraction of sp³-hybridized carbons (Fsp3) is 0.632. The molecule has 25 heavy (non-hydrogen) atoms. The van der Waals surface area contributed by atoms with Crippen molar-refractivity contribution in [2.75, 3.05) is 6.67 Å². The van der Waals surface area contributed by atoms with Gasteiger partial charge in [-0.15, -0.1) is 0 Å². The molecular weight excluding hydrogens is 316 g/mol. The third-order valence-electron chi connectivity index (χ3n) is 6.00. The molecule has 1 aromatic rings. The third-order valence-corrected chi connectivity index (χ3v) is 6.00. The fourth-order valence-electron chi connectivity index (χ4n) is 4.27. The van der Waals surface area contributed by atoms with E-state index in [1.807, 2.05) is 18.3 Å². The molecule has 0 aromatic carbocycles. The maximum atomic E-state index is 13.1. The molecule has 0 radical (unpaired) electrons. The van der Waals surface area contributed by atoms with Gasteiger partial charge in [0, 0.05) is 25.0 Å². The molecular formula is C19H26N4O2. The van der Waals surface area contributed by atoms with E-state index in [4.69, 9.17) is 0 Å². The minimum absolute atomic E-state index is 0.0264. The predicted molar refractivity (Wildman–Crippen MR) is 93.4 cm³/mol. The topological polar surface area (TPSA) is 65.5 Å². The van der Waals surface area contributed by atoms with Gasteiger partial charge in [0.1, 0.15) is 5.54 Å². The number of nitrogens with one attached hydrogen (secondary N) is 1. The normalized spacial score (nSPS) is 29.5. The summed E-state index contributed by atoms with van der Waals surface area (Å²) in [5, 5.41) is 3.05. The van der Waals surface area contributed by atoms with E-state index in [1.165, 1.54) is 4.90 Å². The summed E-state index contributed by atoms with van der Waals surface area (Å²) in [4.78, 5) is 33.6. The van der Waals surface area contributed by atoms with E-state index in [0.717, 1.165) is 50.6 Å². The number of imide groups is 1. The molecule has 4 rings (SSSR count). The monoisotopic (exact) mass is 342 g/mol. The van der Waals surface area contributed by atoms with Crippen molar-refractivity contribution >= 4 is 11.9 Å². The van der Waals surface area contributed by atoms with Crippen LogP contribution in [0.4, 0.5) is 4.79 Å². The van der Waals surface area contributed by atoms with Crippen LogP contribution in [0.25, 0.3) is 0 Å². The first kappa shape index (κ1) is 16.5. The Morgan fingerprint density at radius 2 is 2.16 bits per heavy atom. The molecule has 1 aliphatic heterocycles. The molecule has 2 saturated carbocycles. The lowest BCUT2D eigenvalue weighted by molar-refractivity contribution is -0.135. The highest BCUT2D eigenvalue weighted by Crippen LogP contribution is 2.39. The summed E-state index contributed by atoms with van der Waals surface area (Å²) in [7, 11) is 0. The van der Waals surface area contributed by atoms with Crippen molar-refractivity contribution < 1.29 is 9.59 Å². The van der Waals surface area contributed by atoms with E-state index in [0.29, 0.717) is 12.7 Å². The van der Waals surface area contributed by atoms with Gasteiger partial charge < -0.3 is 5.32 Å². The van der Waals surface area contributed by atoms with Crippen LogP contribution in [0.15, 0.2) is 24.5 Å². The van der Waals surface area contributed by atoms with E-state index in [1.54, 1.807) is 6.20 Å². The number of urea groups is 1. The minimum Gasteiger partial charge on any atom is -0.323 e. The molecule has 3 fully saturated rings. The van der Waals surface area contributed by atoms with Gasteiger partial charge in [0.2, 0.25) is 0 Å². The van der Waals surface area contributed by atoms with Crippen LogP contribution in [0.3, 0.4) is 0 Å². The number of carbonyl (C=O) groups is 2. The second-order valence-corrected chi connectivity index (χ2v) is 7.76. The van der Waals surface area contributed by atoms with Crippen LogP contribution in [0, 0.1) is 5.92 Å². The van der Waals surface area contributed by atoms with Crippen molar-refractivity contribution in [3.63, 3.8) is 0 Å². The fourth-order valence-corrected chi connectivity index (χ4v) is 4.27. The summed E-state index contributed by atoms with van der Waals surface area (Å²) in [5.41, 5.74) is 0.445. The molecule has 6 nitrogen and oxygen atoms in total. The maximum absolute atomic E-state index is 13.1. The molecule has 1 spiro atoms. The number of carbonyl (C=O) groups excluding carboxylic acids is 2. The largest absolute Gasteiger partial charge is 0.326 e. The summed E-state index contributed by atoms with van der Waals surface area (Å²) in [6, 6.07) is 4.20. The molecule has 1 saturated heterocycles. The van der Waals surface area contributed by atoms with Crippen LogP contribution >= 0.6 is 0 Å². The summed E-state index contributed by atoms with van der Waals surface area (Å²) in [6.07, 6.45) is 9.79. The second-order valence-electron chi connectivity index (χ2n) is 7.76. The van der Waals surface area contributed by atoms with Gasteiger partial charge in [-0.2, -0.15) is 0 Å². The molecule has 0 unspecified atom stereocenters. The average molecular weight is 342 g/mol. The highest BCUT2D eigenvalue weighted by atomic mass is 16.2. The highest BCUT2D eigenvalue weighted by Gasteiger charge is 2.55. The molecule has 6 heteroatoms. The van der Waals surface area contributed by atoms with Crippen LogP contribution in [0.1, 0.15) is 51.0 Å². The Bertz CT molecular complexity index is 661. The molecule has 3 amide bonds. The molecule has 2 atom stereocenters. The minimum atomic E-state index is -0.668. The van der Waals surface area contributed by atoms with Gasteiger partial charge in [-0.3, -0.25) is 14.7 Å². The van der Waals surface area contributed by atoms with Gasteiger partial charge >= 0.3 is 6.03 Å². The summed E-state index contributed by atoms with van der Waals surface area (Å²) in [5.74, 6) is 0.178. The van der Waals surface area contributed by atoms with Gasteiger partial charge in [-0.1, -0.05) is 25.8 Å². The zero-order valence-corrected chi connectivity index (χ0v) is 14.8. The Balaban J connectivity index is 1.50. The van der Waals surface area contributed by atoms with Gasteiger partial charge in [0.25, 0.3) is 5.91 Å².